The average Bonchev–Trinajstić information content (AvgIpc) is 2.99. The molecule has 0 radical (unpaired) electrons. The van der Waals surface area contributed by atoms with Gasteiger partial charge in [-0.15, -0.1) is 0 Å². The summed E-state index contributed by atoms with van der Waals surface area (Å²) in [6.45, 7) is 11.3. The molecule has 178 valence electrons. The first-order valence-electron chi connectivity index (χ1n) is 13.5. The Morgan fingerprint density at radius 2 is 1.61 bits per heavy atom. The summed E-state index contributed by atoms with van der Waals surface area (Å²) < 4.78 is 0. The van der Waals surface area contributed by atoms with Crippen molar-refractivity contribution in [2.75, 3.05) is 0 Å². The van der Waals surface area contributed by atoms with E-state index in [1.54, 1.807) is 0 Å². The molecule has 9 atom stereocenters. The molecule has 4 aliphatic rings. The first-order chi connectivity index (χ1) is 14.5. The van der Waals surface area contributed by atoms with Crippen molar-refractivity contribution in [2.24, 2.45) is 52.3 Å². The molecule has 3 nitrogen and oxygen atoms in total. The smallest absolute Gasteiger partial charge is 0.306 e. The molecule has 0 amide bonds. The zero-order valence-electron chi connectivity index (χ0n) is 20.8. The third-order valence-electron chi connectivity index (χ3n) is 11.6. The van der Waals surface area contributed by atoms with Crippen molar-refractivity contribution in [3.63, 3.8) is 0 Å². The summed E-state index contributed by atoms with van der Waals surface area (Å²) in [5.74, 6) is 2.58. The van der Waals surface area contributed by atoms with Gasteiger partial charge in [0, 0.05) is 0 Å². The first-order valence-corrected chi connectivity index (χ1v) is 13.5. The van der Waals surface area contributed by atoms with E-state index < -0.39 is 11.6 Å². The quantitative estimate of drug-likeness (QED) is 0.479. The van der Waals surface area contributed by atoms with Gasteiger partial charge in [-0.05, 0) is 111 Å². The lowest BCUT2D eigenvalue weighted by Crippen LogP contribution is -2.57. The standard InChI is InChI=1S/C28H48O3/c1-18(2)21(25(29)30)11-9-19(3)28(31)17-14-24-22-12-10-20-8-6-7-15-26(20,4)23(22)13-16-27(24,28)5/h18-24,31H,6-17H2,1-5H3,(H,29,30)/t19?,20?,21?,22-,23+,24+,26+,27+,28+/m1/s1. The Bertz CT molecular complexity index is 673. The molecule has 31 heavy (non-hydrogen) atoms. The summed E-state index contributed by atoms with van der Waals surface area (Å²) in [5.41, 5.74) is -0.0875. The Kier molecular flexibility index (Phi) is 6.34. The molecule has 4 fully saturated rings. The van der Waals surface area contributed by atoms with Crippen molar-refractivity contribution in [1.29, 1.82) is 0 Å². The van der Waals surface area contributed by atoms with E-state index in [1.807, 2.05) is 13.8 Å². The highest BCUT2D eigenvalue weighted by Crippen LogP contribution is 2.69. The second-order valence-corrected chi connectivity index (χ2v) is 13.0. The summed E-state index contributed by atoms with van der Waals surface area (Å²) in [4.78, 5) is 11.7. The second-order valence-electron chi connectivity index (χ2n) is 13.0. The first kappa shape index (κ1) is 23.6. The maximum Gasteiger partial charge on any atom is 0.306 e. The number of rotatable bonds is 6. The number of carboxylic acid groups (broad SMARTS) is 1. The molecule has 0 spiro atoms. The van der Waals surface area contributed by atoms with Gasteiger partial charge in [0.15, 0.2) is 0 Å². The molecule has 2 N–H and O–H groups in total. The molecule has 3 unspecified atom stereocenters. The van der Waals surface area contributed by atoms with E-state index in [0.29, 0.717) is 17.8 Å². The summed E-state index contributed by atoms with van der Waals surface area (Å²) in [5, 5.41) is 21.8. The molecule has 4 rings (SSSR count). The number of fused-ring (bicyclic) bond motifs is 5. The van der Waals surface area contributed by atoms with Gasteiger partial charge < -0.3 is 10.2 Å². The Morgan fingerprint density at radius 1 is 0.903 bits per heavy atom. The van der Waals surface area contributed by atoms with E-state index in [0.717, 1.165) is 37.0 Å². The molecule has 0 aromatic carbocycles. The van der Waals surface area contributed by atoms with Gasteiger partial charge in [0.2, 0.25) is 0 Å². The van der Waals surface area contributed by atoms with Crippen molar-refractivity contribution in [1.82, 2.24) is 0 Å². The van der Waals surface area contributed by atoms with E-state index in [-0.39, 0.29) is 23.2 Å². The Balaban J connectivity index is 1.50. The zero-order valence-corrected chi connectivity index (χ0v) is 20.8. The number of carboxylic acids is 1. The minimum absolute atomic E-state index is 0.00198. The minimum Gasteiger partial charge on any atom is -0.481 e. The van der Waals surface area contributed by atoms with Crippen LogP contribution < -0.4 is 0 Å². The predicted molar refractivity (Wildman–Crippen MR) is 126 cm³/mol. The van der Waals surface area contributed by atoms with Crippen molar-refractivity contribution in [3.05, 3.63) is 0 Å². The second kappa shape index (κ2) is 8.33. The van der Waals surface area contributed by atoms with Crippen molar-refractivity contribution >= 4 is 5.97 Å². The van der Waals surface area contributed by atoms with Crippen LogP contribution in [0.25, 0.3) is 0 Å². The van der Waals surface area contributed by atoms with Crippen molar-refractivity contribution in [3.8, 4) is 0 Å². The fourth-order valence-corrected chi connectivity index (χ4v) is 9.57. The van der Waals surface area contributed by atoms with Crippen LogP contribution in [0.2, 0.25) is 0 Å². The van der Waals surface area contributed by atoms with Crippen LogP contribution in [0.4, 0.5) is 0 Å². The van der Waals surface area contributed by atoms with E-state index in [4.69, 9.17) is 0 Å². The zero-order chi connectivity index (χ0) is 22.6. The van der Waals surface area contributed by atoms with E-state index >= 15 is 0 Å². The molecule has 0 aromatic rings. The van der Waals surface area contributed by atoms with Gasteiger partial charge in [-0.25, -0.2) is 0 Å². The molecular weight excluding hydrogens is 384 g/mol. The summed E-state index contributed by atoms with van der Waals surface area (Å²) in [6.07, 6.45) is 14.6. The molecule has 0 bridgehead atoms. The van der Waals surface area contributed by atoms with Gasteiger partial charge in [0.25, 0.3) is 0 Å². The molecule has 4 saturated carbocycles. The lowest BCUT2D eigenvalue weighted by molar-refractivity contribution is -0.169. The maximum absolute atomic E-state index is 12.1. The molecule has 0 heterocycles. The molecule has 0 saturated heterocycles. The van der Waals surface area contributed by atoms with Gasteiger partial charge >= 0.3 is 5.97 Å². The van der Waals surface area contributed by atoms with Gasteiger partial charge in [0.05, 0.1) is 11.5 Å². The van der Waals surface area contributed by atoms with Gasteiger partial charge in [-0.2, -0.15) is 0 Å². The van der Waals surface area contributed by atoms with E-state index in [1.165, 1.54) is 51.4 Å². The fraction of sp³-hybridized carbons (Fsp3) is 0.964. The highest BCUT2D eigenvalue weighted by molar-refractivity contribution is 5.70. The Morgan fingerprint density at radius 3 is 2.29 bits per heavy atom. The van der Waals surface area contributed by atoms with Crippen LogP contribution in [0.1, 0.15) is 112 Å². The van der Waals surface area contributed by atoms with E-state index in [9.17, 15) is 15.0 Å². The van der Waals surface area contributed by atoms with Gasteiger partial charge in [0.1, 0.15) is 0 Å². The topological polar surface area (TPSA) is 57.5 Å². The largest absolute Gasteiger partial charge is 0.481 e. The van der Waals surface area contributed by atoms with E-state index in [2.05, 4.69) is 20.8 Å². The third-order valence-corrected chi connectivity index (χ3v) is 11.6. The number of aliphatic hydroxyl groups is 1. The van der Waals surface area contributed by atoms with Crippen molar-refractivity contribution < 1.29 is 15.0 Å². The summed E-state index contributed by atoms with van der Waals surface area (Å²) in [7, 11) is 0. The molecular formula is C28H48O3. The number of hydrogen-bond donors (Lipinski definition) is 2. The van der Waals surface area contributed by atoms with Crippen LogP contribution in [0.15, 0.2) is 0 Å². The summed E-state index contributed by atoms with van der Waals surface area (Å²) in [6, 6.07) is 0. The molecule has 0 aromatic heterocycles. The minimum atomic E-state index is -0.678. The number of hydrogen-bond acceptors (Lipinski definition) is 2. The van der Waals surface area contributed by atoms with Crippen LogP contribution >= 0.6 is 0 Å². The molecule has 4 aliphatic carbocycles. The predicted octanol–water partition coefficient (Wildman–Crippen LogP) is 6.92. The number of aliphatic carboxylic acids is 1. The molecule has 3 heteroatoms. The normalized spacial score (nSPS) is 46.7. The Labute approximate surface area is 190 Å². The lowest BCUT2D eigenvalue weighted by Gasteiger charge is -2.61. The van der Waals surface area contributed by atoms with Crippen LogP contribution in [0.5, 0.6) is 0 Å². The highest BCUT2D eigenvalue weighted by atomic mass is 16.4. The lowest BCUT2D eigenvalue weighted by atomic mass is 9.44. The van der Waals surface area contributed by atoms with Crippen LogP contribution in [0.3, 0.4) is 0 Å². The fourth-order valence-electron chi connectivity index (χ4n) is 9.57. The number of carbonyl (C=O) groups is 1. The van der Waals surface area contributed by atoms with Gasteiger partial charge in [-0.1, -0.05) is 47.5 Å². The van der Waals surface area contributed by atoms with Crippen LogP contribution in [-0.4, -0.2) is 21.8 Å². The van der Waals surface area contributed by atoms with Crippen LogP contribution in [0, 0.1) is 52.3 Å². The van der Waals surface area contributed by atoms with Crippen LogP contribution in [-0.2, 0) is 4.79 Å². The highest BCUT2D eigenvalue weighted by Gasteiger charge is 2.65. The molecule has 0 aliphatic heterocycles. The van der Waals surface area contributed by atoms with Gasteiger partial charge in [-0.3, -0.25) is 4.79 Å². The average molecular weight is 433 g/mol. The SMILES string of the molecule is CC(C)C(CCC(C)[C@@]1(O)CC[C@H]2[C@@H]3CCC4CCCC[C@]4(C)[C@H]3CC[C@@]21C)C(=O)O. The maximum atomic E-state index is 12.1. The van der Waals surface area contributed by atoms with Crippen molar-refractivity contribution in [2.45, 2.75) is 117 Å². The summed E-state index contributed by atoms with van der Waals surface area (Å²) >= 11 is 0. The Hall–Kier alpha value is -0.570. The third kappa shape index (κ3) is 3.60. The monoisotopic (exact) mass is 432 g/mol.